The van der Waals surface area contributed by atoms with Crippen LogP contribution in [0, 0.1) is 23.3 Å². The highest BCUT2D eigenvalue weighted by molar-refractivity contribution is 6.04. The molecule has 2 rings (SSSR count). The molecule has 0 bridgehead atoms. The minimum Gasteiger partial charge on any atom is -0.322 e. The highest BCUT2D eigenvalue weighted by Gasteiger charge is 2.24. The molecule has 0 heterocycles. The van der Waals surface area contributed by atoms with Crippen molar-refractivity contribution in [3.8, 4) is 0 Å². The monoisotopic (exact) mass is 269 g/mol. The minimum atomic E-state index is -1.73. The van der Waals surface area contributed by atoms with E-state index in [1.807, 2.05) is 0 Å². The van der Waals surface area contributed by atoms with E-state index >= 15 is 0 Å². The Morgan fingerprint density at radius 1 is 0.895 bits per heavy atom. The van der Waals surface area contributed by atoms with E-state index in [1.54, 1.807) is 18.2 Å². The van der Waals surface area contributed by atoms with Crippen molar-refractivity contribution in [1.82, 2.24) is 0 Å². The molecule has 2 aromatic rings. The van der Waals surface area contributed by atoms with Crippen LogP contribution in [-0.4, -0.2) is 5.91 Å². The highest BCUT2D eigenvalue weighted by atomic mass is 19.2. The molecule has 0 unspecified atom stereocenters. The van der Waals surface area contributed by atoms with Gasteiger partial charge in [0.15, 0.2) is 23.3 Å². The summed E-state index contributed by atoms with van der Waals surface area (Å²) < 4.78 is 52.6. The Kier molecular flexibility index (Phi) is 3.50. The van der Waals surface area contributed by atoms with E-state index in [-0.39, 0.29) is 11.8 Å². The van der Waals surface area contributed by atoms with Gasteiger partial charge in [-0.2, -0.15) is 0 Å². The van der Waals surface area contributed by atoms with Crippen molar-refractivity contribution in [2.24, 2.45) is 0 Å². The van der Waals surface area contributed by atoms with Crippen molar-refractivity contribution in [3.05, 3.63) is 65.2 Å². The average Bonchev–Trinajstić information content (AvgIpc) is 2.38. The third-order valence-electron chi connectivity index (χ3n) is 2.37. The number of hydrogen-bond acceptors (Lipinski definition) is 1. The summed E-state index contributed by atoms with van der Waals surface area (Å²) in [5, 5.41) is 2.14. The number of carbonyl (C=O) groups excluding carboxylic acids is 1. The zero-order valence-corrected chi connectivity index (χ0v) is 9.38. The normalized spacial score (nSPS) is 10.3. The molecule has 0 aliphatic rings. The second-order valence-corrected chi connectivity index (χ2v) is 3.66. The maximum atomic E-state index is 13.4. The van der Waals surface area contributed by atoms with Crippen LogP contribution in [0.3, 0.4) is 0 Å². The lowest BCUT2D eigenvalue weighted by molar-refractivity contribution is 0.101. The van der Waals surface area contributed by atoms with E-state index in [1.165, 1.54) is 12.1 Å². The van der Waals surface area contributed by atoms with Crippen LogP contribution in [0.1, 0.15) is 10.4 Å². The fraction of sp³-hybridized carbons (Fsp3) is 0. The molecule has 0 atom stereocenters. The van der Waals surface area contributed by atoms with Crippen molar-refractivity contribution in [2.75, 3.05) is 5.32 Å². The molecule has 1 amide bonds. The first kappa shape index (κ1) is 13.1. The first-order valence-corrected chi connectivity index (χ1v) is 5.20. The summed E-state index contributed by atoms with van der Waals surface area (Å²) in [5.74, 6) is -7.98. The quantitative estimate of drug-likeness (QED) is 0.656. The molecule has 0 aliphatic heterocycles. The Morgan fingerprint density at radius 3 is 1.95 bits per heavy atom. The third-order valence-corrected chi connectivity index (χ3v) is 2.37. The van der Waals surface area contributed by atoms with Gasteiger partial charge in [-0.1, -0.05) is 18.2 Å². The Balaban J connectivity index is 2.40. The van der Waals surface area contributed by atoms with Crippen molar-refractivity contribution in [2.45, 2.75) is 0 Å². The molecule has 0 aromatic heterocycles. The van der Waals surface area contributed by atoms with E-state index < -0.39 is 34.7 Å². The van der Waals surface area contributed by atoms with Gasteiger partial charge in [0, 0.05) is 11.8 Å². The number of benzene rings is 2. The molecular formula is C13H7F4NO. The number of rotatable bonds is 2. The zero-order valence-electron chi connectivity index (χ0n) is 9.38. The van der Waals surface area contributed by atoms with Crippen LogP contribution in [0.4, 0.5) is 23.2 Å². The van der Waals surface area contributed by atoms with Gasteiger partial charge < -0.3 is 5.32 Å². The summed E-state index contributed by atoms with van der Waals surface area (Å²) in [5.41, 5.74) is -1.04. The lowest BCUT2D eigenvalue weighted by atomic mass is 10.1. The smallest absolute Gasteiger partial charge is 0.261 e. The Labute approximate surface area is 105 Å². The van der Waals surface area contributed by atoms with Crippen molar-refractivity contribution < 1.29 is 22.4 Å². The second-order valence-electron chi connectivity index (χ2n) is 3.66. The van der Waals surface area contributed by atoms with Crippen LogP contribution in [0.5, 0.6) is 0 Å². The van der Waals surface area contributed by atoms with Gasteiger partial charge in [-0.25, -0.2) is 17.6 Å². The van der Waals surface area contributed by atoms with Crippen LogP contribution in [0.15, 0.2) is 36.4 Å². The standard InChI is InChI=1S/C13H7F4NO/c14-8-6-9(15)12(17)10(11(8)16)13(19)18-7-4-2-1-3-5-7/h1-6H,(H,18,19). The molecule has 6 heteroatoms. The Hall–Kier alpha value is -2.37. The Bertz CT molecular complexity index is 602. The maximum absolute atomic E-state index is 13.4. The molecule has 0 saturated carbocycles. The van der Waals surface area contributed by atoms with E-state index in [2.05, 4.69) is 5.32 Å². The van der Waals surface area contributed by atoms with E-state index in [4.69, 9.17) is 0 Å². The van der Waals surface area contributed by atoms with Crippen molar-refractivity contribution in [1.29, 1.82) is 0 Å². The maximum Gasteiger partial charge on any atom is 0.261 e. The summed E-state index contributed by atoms with van der Waals surface area (Å²) >= 11 is 0. The van der Waals surface area contributed by atoms with E-state index in [0.717, 1.165) is 0 Å². The molecule has 98 valence electrons. The Morgan fingerprint density at radius 2 is 1.42 bits per heavy atom. The van der Waals surface area contributed by atoms with Crippen LogP contribution in [0.25, 0.3) is 0 Å². The summed E-state index contributed by atoms with van der Waals surface area (Å²) in [4.78, 5) is 11.6. The van der Waals surface area contributed by atoms with Gasteiger partial charge in [-0.15, -0.1) is 0 Å². The van der Waals surface area contributed by atoms with E-state index in [0.29, 0.717) is 0 Å². The molecule has 2 aromatic carbocycles. The van der Waals surface area contributed by atoms with Crippen LogP contribution < -0.4 is 5.32 Å². The topological polar surface area (TPSA) is 29.1 Å². The zero-order chi connectivity index (χ0) is 14.0. The minimum absolute atomic E-state index is 0.0456. The molecule has 0 spiro atoms. The van der Waals surface area contributed by atoms with Gasteiger partial charge in [0.2, 0.25) is 0 Å². The number of carbonyl (C=O) groups is 1. The SMILES string of the molecule is O=C(Nc1ccccc1)c1c(F)c(F)cc(F)c1F. The summed E-state index contributed by atoms with van der Waals surface area (Å²) in [7, 11) is 0. The fourth-order valence-corrected chi connectivity index (χ4v) is 1.49. The number of amides is 1. The van der Waals surface area contributed by atoms with Gasteiger partial charge in [0.1, 0.15) is 5.56 Å². The molecule has 0 saturated heterocycles. The molecular weight excluding hydrogens is 262 g/mol. The first-order valence-electron chi connectivity index (χ1n) is 5.20. The number of hydrogen-bond donors (Lipinski definition) is 1. The molecule has 1 N–H and O–H groups in total. The van der Waals surface area contributed by atoms with Gasteiger partial charge >= 0.3 is 0 Å². The summed E-state index contributed by atoms with van der Waals surface area (Å²) in [6.45, 7) is 0. The van der Waals surface area contributed by atoms with Gasteiger partial charge in [0.05, 0.1) is 0 Å². The largest absolute Gasteiger partial charge is 0.322 e. The second kappa shape index (κ2) is 5.09. The fourth-order valence-electron chi connectivity index (χ4n) is 1.49. The molecule has 0 aliphatic carbocycles. The summed E-state index contributed by atoms with van der Waals surface area (Å²) in [6.07, 6.45) is 0. The van der Waals surface area contributed by atoms with Crippen LogP contribution >= 0.6 is 0 Å². The predicted octanol–water partition coefficient (Wildman–Crippen LogP) is 3.50. The lowest BCUT2D eigenvalue weighted by Crippen LogP contribution is -2.17. The number of anilines is 1. The average molecular weight is 269 g/mol. The predicted molar refractivity (Wildman–Crippen MR) is 60.7 cm³/mol. The first-order chi connectivity index (χ1) is 9.00. The van der Waals surface area contributed by atoms with E-state index in [9.17, 15) is 22.4 Å². The van der Waals surface area contributed by atoms with Gasteiger partial charge in [-0.05, 0) is 12.1 Å². The molecule has 0 fully saturated rings. The van der Waals surface area contributed by atoms with Gasteiger partial charge in [-0.3, -0.25) is 4.79 Å². The lowest BCUT2D eigenvalue weighted by Gasteiger charge is -2.08. The number of para-hydroxylation sites is 1. The van der Waals surface area contributed by atoms with Gasteiger partial charge in [0.25, 0.3) is 5.91 Å². The highest BCUT2D eigenvalue weighted by Crippen LogP contribution is 2.20. The summed E-state index contributed by atoms with van der Waals surface area (Å²) in [6, 6.07) is 7.79. The van der Waals surface area contributed by atoms with Crippen LogP contribution in [-0.2, 0) is 0 Å². The van der Waals surface area contributed by atoms with Crippen molar-refractivity contribution in [3.63, 3.8) is 0 Å². The van der Waals surface area contributed by atoms with Crippen molar-refractivity contribution >= 4 is 11.6 Å². The molecule has 2 nitrogen and oxygen atoms in total. The molecule has 0 radical (unpaired) electrons. The third kappa shape index (κ3) is 2.57. The molecule has 19 heavy (non-hydrogen) atoms. The number of nitrogens with one attached hydrogen (secondary N) is 1. The number of halogens is 4. The van der Waals surface area contributed by atoms with Crippen LogP contribution in [0.2, 0.25) is 0 Å².